The molecule has 0 unspecified atom stereocenters. The van der Waals surface area contributed by atoms with Crippen molar-refractivity contribution in [2.45, 2.75) is 52.7 Å². The van der Waals surface area contributed by atoms with Crippen LogP contribution in [0.3, 0.4) is 0 Å². The number of nitrogens with zero attached hydrogens (tertiary/aromatic N) is 2. The predicted molar refractivity (Wildman–Crippen MR) is 140 cm³/mol. The molecule has 3 heterocycles. The Labute approximate surface area is 212 Å². The first kappa shape index (κ1) is 24.1. The molecule has 0 fully saturated rings. The van der Waals surface area contributed by atoms with Crippen LogP contribution in [0.2, 0.25) is 0 Å². The van der Waals surface area contributed by atoms with Crippen LogP contribution in [0.1, 0.15) is 50.5 Å². The summed E-state index contributed by atoms with van der Waals surface area (Å²) in [6, 6.07) is 7.68. The van der Waals surface area contributed by atoms with Crippen molar-refractivity contribution in [3.63, 3.8) is 0 Å². The summed E-state index contributed by atoms with van der Waals surface area (Å²) in [5, 5.41) is 14.4. The fraction of sp³-hybridized carbons (Fsp3) is 0.333. The zero-order chi connectivity index (χ0) is 25.8. The van der Waals surface area contributed by atoms with Crippen molar-refractivity contribution in [2.75, 3.05) is 11.9 Å². The molecule has 0 saturated carbocycles. The van der Waals surface area contributed by atoms with Crippen LogP contribution in [0.25, 0.3) is 32.2 Å². The third-order valence-electron chi connectivity index (χ3n) is 6.01. The minimum absolute atomic E-state index is 0.229. The Bertz CT molecular complexity index is 1530. The second-order valence-corrected chi connectivity index (χ2v) is 10.9. The molecule has 1 atom stereocenters. The van der Waals surface area contributed by atoms with E-state index in [2.05, 4.69) is 10.3 Å². The van der Waals surface area contributed by atoms with Crippen molar-refractivity contribution < 1.29 is 24.2 Å². The Morgan fingerprint density at radius 1 is 1.25 bits per heavy atom. The molecule has 5 rings (SSSR count). The maximum absolute atomic E-state index is 12.6. The van der Waals surface area contributed by atoms with Gasteiger partial charge in [-0.3, -0.25) is 9.78 Å². The molecule has 36 heavy (non-hydrogen) atoms. The lowest BCUT2D eigenvalue weighted by molar-refractivity contribution is -0.160. The van der Waals surface area contributed by atoms with Crippen LogP contribution >= 0.6 is 11.3 Å². The normalized spacial score (nSPS) is 14.0. The van der Waals surface area contributed by atoms with Gasteiger partial charge in [-0.05, 0) is 63.1 Å². The zero-order valence-corrected chi connectivity index (χ0v) is 21.6. The molecule has 0 spiro atoms. The summed E-state index contributed by atoms with van der Waals surface area (Å²) in [5.74, 6) is -0.552. The predicted octanol–water partition coefficient (Wildman–Crippen LogP) is 5.65. The van der Waals surface area contributed by atoms with E-state index in [1.165, 1.54) is 18.3 Å². The molecular weight excluding hydrogens is 478 g/mol. The van der Waals surface area contributed by atoms with E-state index < -0.39 is 17.7 Å². The number of carboxylic acids is 1. The lowest BCUT2D eigenvalue weighted by Gasteiger charge is -2.28. The molecule has 0 saturated heterocycles. The molecule has 2 N–H and O–H groups in total. The fourth-order valence-corrected chi connectivity index (χ4v) is 5.77. The van der Waals surface area contributed by atoms with Gasteiger partial charge in [0.2, 0.25) is 5.91 Å². The van der Waals surface area contributed by atoms with Crippen molar-refractivity contribution in [3.8, 4) is 16.9 Å². The van der Waals surface area contributed by atoms with E-state index in [0.29, 0.717) is 28.4 Å². The van der Waals surface area contributed by atoms with Crippen molar-refractivity contribution in [3.05, 3.63) is 47.2 Å². The fourth-order valence-electron chi connectivity index (χ4n) is 4.71. The molecular formula is C27H27N3O5S. The number of fused-ring (bicyclic) bond motifs is 1. The number of aliphatic carboxylic acids is 1. The standard InChI is InChI=1S/C27H27N3O5S/c1-13-12-17-24(36-26(30-17)29-14(2)31)21(19(13)23(25(32)33)35-27(3,4)5)16-6-7-18-20-15(9-11-34-18)8-10-28-22(16)20/h6-8,10,12,23H,9,11H2,1-5H3,(H,32,33)(H,29,30,31)/t23-/m0/s1. The van der Waals surface area contributed by atoms with Crippen LogP contribution in [-0.2, 0) is 20.7 Å². The van der Waals surface area contributed by atoms with E-state index >= 15 is 0 Å². The molecule has 1 aliphatic rings. The number of carbonyl (C=O) groups is 2. The Hall–Kier alpha value is -3.56. The molecule has 0 aliphatic carbocycles. The van der Waals surface area contributed by atoms with E-state index in [4.69, 9.17) is 14.5 Å². The number of carboxylic acid groups (broad SMARTS) is 1. The summed E-state index contributed by atoms with van der Waals surface area (Å²) in [4.78, 5) is 33.7. The number of carbonyl (C=O) groups excluding carboxylic acids is 1. The maximum atomic E-state index is 12.6. The number of thiazole rings is 1. The van der Waals surface area contributed by atoms with Gasteiger partial charge in [-0.15, -0.1) is 0 Å². The molecule has 1 amide bonds. The minimum Gasteiger partial charge on any atom is -0.493 e. The number of pyridine rings is 1. The largest absolute Gasteiger partial charge is 0.493 e. The topological polar surface area (TPSA) is 111 Å². The highest BCUT2D eigenvalue weighted by Gasteiger charge is 2.33. The van der Waals surface area contributed by atoms with Crippen molar-refractivity contribution in [1.29, 1.82) is 0 Å². The second kappa shape index (κ2) is 8.83. The Morgan fingerprint density at radius 2 is 2.03 bits per heavy atom. The average molecular weight is 506 g/mol. The number of hydrogen-bond acceptors (Lipinski definition) is 7. The van der Waals surface area contributed by atoms with Gasteiger partial charge >= 0.3 is 5.97 Å². The molecule has 186 valence electrons. The number of anilines is 1. The molecule has 1 aliphatic heterocycles. The number of aromatic nitrogens is 2. The first-order valence-corrected chi connectivity index (χ1v) is 12.5. The van der Waals surface area contributed by atoms with Crippen LogP contribution in [-0.4, -0.2) is 39.2 Å². The van der Waals surface area contributed by atoms with Gasteiger partial charge in [0, 0.05) is 41.6 Å². The number of rotatable bonds is 5. The van der Waals surface area contributed by atoms with Crippen LogP contribution in [0.4, 0.5) is 5.13 Å². The van der Waals surface area contributed by atoms with Crippen LogP contribution in [0, 0.1) is 6.92 Å². The Kier molecular flexibility index (Phi) is 5.92. The molecule has 4 aromatic rings. The summed E-state index contributed by atoms with van der Waals surface area (Å²) in [5.41, 5.74) is 4.56. The summed E-state index contributed by atoms with van der Waals surface area (Å²) in [6.07, 6.45) is 1.32. The van der Waals surface area contributed by atoms with E-state index in [1.807, 2.05) is 52.0 Å². The van der Waals surface area contributed by atoms with E-state index in [1.54, 1.807) is 6.20 Å². The number of amides is 1. The highest BCUT2D eigenvalue weighted by molar-refractivity contribution is 7.23. The third-order valence-corrected chi connectivity index (χ3v) is 7.01. The van der Waals surface area contributed by atoms with E-state index in [9.17, 15) is 14.7 Å². The van der Waals surface area contributed by atoms with Crippen molar-refractivity contribution in [1.82, 2.24) is 9.97 Å². The third kappa shape index (κ3) is 4.29. The molecule has 0 radical (unpaired) electrons. The molecule has 2 aromatic heterocycles. The minimum atomic E-state index is -1.22. The summed E-state index contributed by atoms with van der Waals surface area (Å²) < 4.78 is 12.8. The smallest absolute Gasteiger partial charge is 0.337 e. The van der Waals surface area contributed by atoms with Gasteiger partial charge in [-0.2, -0.15) is 0 Å². The average Bonchev–Trinajstić information content (AvgIpc) is 3.18. The number of nitrogens with one attached hydrogen (secondary N) is 1. The van der Waals surface area contributed by atoms with Crippen LogP contribution < -0.4 is 10.1 Å². The Balaban J connectivity index is 1.89. The van der Waals surface area contributed by atoms with Gasteiger partial charge in [-0.25, -0.2) is 9.78 Å². The maximum Gasteiger partial charge on any atom is 0.337 e. The zero-order valence-electron chi connectivity index (χ0n) is 20.8. The van der Waals surface area contributed by atoms with Gasteiger partial charge in [0.25, 0.3) is 0 Å². The Morgan fingerprint density at radius 3 is 2.72 bits per heavy atom. The highest BCUT2D eigenvalue weighted by atomic mass is 32.1. The van der Waals surface area contributed by atoms with Crippen LogP contribution in [0.15, 0.2) is 30.5 Å². The van der Waals surface area contributed by atoms with Gasteiger partial charge in [0.15, 0.2) is 11.2 Å². The molecule has 0 bridgehead atoms. The first-order valence-electron chi connectivity index (χ1n) is 11.7. The number of aryl methyl sites for hydroxylation is 1. The quantitative estimate of drug-likeness (QED) is 0.360. The van der Waals surface area contributed by atoms with Crippen molar-refractivity contribution >= 4 is 49.5 Å². The van der Waals surface area contributed by atoms with E-state index in [0.717, 1.165) is 44.5 Å². The van der Waals surface area contributed by atoms with Crippen LogP contribution in [0.5, 0.6) is 5.75 Å². The van der Waals surface area contributed by atoms with Gasteiger partial charge in [0.05, 0.1) is 27.9 Å². The summed E-state index contributed by atoms with van der Waals surface area (Å²) >= 11 is 1.30. The number of hydrogen-bond donors (Lipinski definition) is 2. The van der Waals surface area contributed by atoms with E-state index in [-0.39, 0.29) is 5.91 Å². The molecule has 8 nitrogen and oxygen atoms in total. The first-order chi connectivity index (χ1) is 17.0. The summed E-state index contributed by atoms with van der Waals surface area (Å²) in [7, 11) is 0. The number of ether oxygens (including phenoxy) is 2. The highest BCUT2D eigenvalue weighted by Crippen LogP contribution is 2.47. The monoisotopic (exact) mass is 505 g/mol. The summed E-state index contributed by atoms with van der Waals surface area (Å²) in [6.45, 7) is 9.38. The van der Waals surface area contributed by atoms with Gasteiger partial charge < -0.3 is 19.9 Å². The van der Waals surface area contributed by atoms with Gasteiger partial charge in [-0.1, -0.05) is 11.3 Å². The lowest BCUT2D eigenvalue weighted by atomic mass is 9.89. The number of benzene rings is 2. The molecule has 2 aromatic carbocycles. The SMILES string of the molecule is CC(=O)Nc1nc2cc(C)c([C@H](OC(C)(C)C)C(=O)O)c(-c3ccc4c5c(ccnc35)CCO4)c2s1. The lowest BCUT2D eigenvalue weighted by Crippen LogP contribution is -2.28. The second-order valence-electron chi connectivity index (χ2n) is 9.88. The van der Waals surface area contributed by atoms with Crippen molar-refractivity contribution in [2.24, 2.45) is 0 Å². The molecule has 9 heteroatoms. The van der Waals surface area contributed by atoms with Gasteiger partial charge in [0.1, 0.15) is 5.75 Å².